The largest absolute Gasteiger partial charge is 0.494 e. The van der Waals surface area contributed by atoms with Crippen LogP contribution in [0.25, 0.3) is 10.2 Å². The van der Waals surface area contributed by atoms with Crippen LogP contribution >= 0.6 is 11.3 Å². The molecule has 0 atom stereocenters. The molecule has 2 heterocycles. The van der Waals surface area contributed by atoms with Crippen LogP contribution in [0, 0.1) is 0 Å². The molecule has 0 aliphatic carbocycles. The van der Waals surface area contributed by atoms with Gasteiger partial charge in [-0.2, -0.15) is 0 Å². The Balaban J connectivity index is 1.54. The maximum atomic E-state index is 12.7. The number of nitrogens with one attached hydrogen (secondary N) is 1. The number of benzene rings is 2. The summed E-state index contributed by atoms with van der Waals surface area (Å²) in [7, 11) is 0. The van der Waals surface area contributed by atoms with E-state index in [9.17, 15) is 9.59 Å². The molecule has 29 heavy (non-hydrogen) atoms. The molecule has 4 rings (SSSR count). The summed E-state index contributed by atoms with van der Waals surface area (Å²) < 4.78 is 7.96. The number of aromatic nitrogens is 2. The monoisotopic (exact) mass is 405 g/mol. The molecule has 2 aromatic carbocycles. The van der Waals surface area contributed by atoms with Gasteiger partial charge in [0.15, 0.2) is 5.13 Å². The molecule has 0 aliphatic rings. The fourth-order valence-corrected chi connectivity index (χ4v) is 3.84. The third kappa shape index (κ3) is 4.35. The predicted octanol–water partition coefficient (Wildman–Crippen LogP) is 4.16. The van der Waals surface area contributed by atoms with E-state index in [1.807, 2.05) is 55.5 Å². The van der Waals surface area contributed by atoms with Crippen molar-refractivity contribution in [2.45, 2.75) is 13.5 Å². The first-order valence-electron chi connectivity index (χ1n) is 9.21. The van der Waals surface area contributed by atoms with E-state index in [0.29, 0.717) is 23.8 Å². The van der Waals surface area contributed by atoms with Gasteiger partial charge in [-0.3, -0.25) is 14.9 Å². The van der Waals surface area contributed by atoms with Crippen molar-refractivity contribution in [2.75, 3.05) is 11.9 Å². The lowest BCUT2D eigenvalue weighted by molar-refractivity contribution is 0.102. The van der Waals surface area contributed by atoms with Gasteiger partial charge in [-0.05, 0) is 36.8 Å². The van der Waals surface area contributed by atoms with Gasteiger partial charge < -0.3 is 9.30 Å². The fraction of sp³-hybridized carbons (Fsp3) is 0.136. The Labute approximate surface area is 171 Å². The van der Waals surface area contributed by atoms with Gasteiger partial charge >= 0.3 is 0 Å². The van der Waals surface area contributed by atoms with Crippen molar-refractivity contribution < 1.29 is 9.53 Å². The van der Waals surface area contributed by atoms with Crippen molar-refractivity contribution in [3.05, 3.63) is 88.3 Å². The lowest BCUT2D eigenvalue weighted by Gasteiger charge is -2.08. The Morgan fingerprint density at radius 2 is 1.97 bits per heavy atom. The van der Waals surface area contributed by atoms with Crippen LogP contribution in [0.4, 0.5) is 5.13 Å². The lowest BCUT2D eigenvalue weighted by atomic mass is 10.2. The maximum absolute atomic E-state index is 12.7. The normalized spacial score (nSPS) is 10.8. The zero-order valence-electron chi connectivity index (χ0n) is 15.8. The Morgan fingerprint density at radius 3 is 2.76 bits per heavy atom. The predicted molar refractivity (Wildman–Crippen MR) is 115 cm³/mol. The van der Waals surface area contributed by atoms with Crippen molar-refractivity contribution in [3.8, 4) is 5.75 Å². The maximum Gasteiger partial charge on any atom is 0.258 e. The number of nitrogens with zero attached hydrogens (tertiary/aromatic N) is 2. The van der Waals surface area contributed by atoms with Gasteiger partial charge in [0.05, 0.1) is 28.9 Å². The van der Waals surface area contributed by atoms with E-state index in [0.717, 1.165) is 21.5 Å². The molecule has 4 aromatic rings. The molecule has 0 fully saturated rings. The van der Waals surface area contributed by atoms with Gasteiger partial charge in [-0.25, -0.2) is 4.98 Å². The van der Waals surface area contributed by atoms with Crippen LogP contribution < -0.4 is 15.6 Å². The second-order valence-corrected chi connectivity index (χ2v) is 7.44. The number of fused-ring (bicyclic) bond motifs is 1. The van der Waals surface area contributed by atoms with Crippen LogP contribution in [0.3, 0.4) is 0 Å². The van der Waals surface area contributed by atoms with Crippen LogP contribution in [0.15, 0.2) is 71.7 Å². The highest BCUT2D eigenvalue weighted by Crippen LogP contribution is 2.29. The topological polar surface area (TPSA) is 73.2 Å². The molecule has 2 aromatic heterocycles. The van der Waals surface area contributed by atoms with E-state index in [1.165, 1.54) is 28.0 Å². The third-order valence-corrected chi connectivity index (χ3v) is 5.27. The SMILES string of the molecule is CCOc1ccc2nc(NC(=O)c3ccc(=O)n(Cc4ccccc4)c3)sc2c1. The average Bonchev–Trinajstić information content (AvgIpc) is 3.12. The zero-order chi connectivity index (χ0) is 20.2. The second kappa shape index (κ2) is 8.28. The van der Waals surface area contributed by atoms with E-state index >= 15 is 0 Å². The molecular weight excluding hydrogens is 386 g/mol. The number of rotatable bonds is 6. The molecule has 0 unspecified atom stereocenters. The van der Waals surface area contributed by atoms with E-state index in [2.05, 4.69) is 10.3 Å². The quantitative estimate of drug-likeness (QED) is 0.523. The summed E-state index contributed by atoms with van der Waals surface area (Å²) in [5.74, 6) is 0.463. The molecule has 0 saturated carbocycles. The van der Waals surface area contributed by atoms with Crippen molar-refractivity contribution in [3.63, 3.8) is 0 Å². The summed E-state index contributed by atoms with van der Waals surface area (Å²) in [4.78, 5) is 29.3. The first-order chi connectivity index (χ1) is 14.1. The number of carbonyl (C=O) groups is 1. The summed E-state index contributed by atoms with van der Waals surface area (Å²) in [6, 6.07) is 18.2. The molecular formula is C22H19N3O3S. The van der Waals surface area contributed by atoms with E-state index in [-0.39, 0.29) is 11.5 Å². The van der Waals surface area contributed by atoms with Gasteiger partial charge in [0.1, 0.15) is 5.75 Å². The summed E-state index contributed by atoms with van der Waals surface area (Å²) in [5.41, 5.74) is 2.02. The number of anilines is 1. The second-order valence-electron chi connectivity index (χ2n) is 6.41. The smallest absolute Gasteiger partial charge is 0.258 e. The third-order valence-electron chi connectivity index (χ3n) is 4.33. The molecule has 0 radical (unpaired) electrons. The Morgan fingerprint density at radius 1 is 1.14 bits per heavy atom. The van der Waals surface area contributed by atoms with Crippen LogP contribution in [0.1, 0.15) is 22.8 Å². The average molecular weight is 405 g/mol. The van der Waals surface area contributed by atoms with Crippen molar-refractivity contribution in [1.29, 1.82) is 0 Å². The molecule has 1 N–H and O–H groups in total. The minimum atomic E-state index is -0.309. The highest BCUT2D eigenvalue weighted by atomic mass is 32.1. The van der Waals surface area contributed by atoms with Crippen LogP contribution in [-0.2, 0) is 6.54 Å². The highest BCUT2D eigenvalue weighted by Gasteiger charge is 2.12. The Hall–Kier alpha value is -3.45. The van der Waals surface area contributed by atoms with Gasteiger partial charge in [0, 0.05) is 12.3 Å². The number of hydrogen-bond acceptors (Lipinski definition) is 5. The van der Waals surface area contributed by atoms with E-state index in [1.54, 1.807) is 6.20 Å². The number of thiazole rings is 1. The van der Waals surface area contributed by atoms with Crippen LogP contribution in [0.2, 0.25) is 0 Å². The Kier molecular flexibility index (Phi) is 5.39. The summed E-state index contributed by atoms with van der Waals surface area (Å²) in [6.45, 7) is 2.93. The molecule has 7 heteroatoms. The fourth-order valence-electron chi connectivity index (χ4n) is 2.95. The minimum absolute atomic E-state index is 0.158. The van der Waals surface area contributed by atoms with Gasteiger partial charge in [0.25, 0.3) is 11.5 Å². The summed E-state index contributed by atoms with van der Waals surface area (Å²) in [5, 5.41) is 3.32. The molecule has 0 spiro atoms. The van der Waals surface area contributed by atoms with Gasteiger partial charge in [-0.15, -0.1) is 0 Å². The molecule has 146 valence electrons. The first-order valence-corrected chi connectivity index (χ1v) is 10.0. The number of ether oxygens (including phenoxy) is 1. The standard InChI is InChI=1S/C22H19N3O3S/c1-2-28-17-9-10-18-19(12-17)29-22(23-18)24-21(27)16-8-11-20(26)25(14-16)13-15-6-4-3-5-7-15/h3-12,14H,2,13H2,1H3,(H,23,24,27). The molecule has 0 bridgehead atoms. The van der Waals surface area contributed by atoms with Crippen LogP contribution in [0.5, 0.6) is 5.75 Å². The van der Waals surface area contributed by atoms with Crippen molar-refractivity contribution in [1.82, 2.24) is 9.55 Å². The van der Waals surface area contributed by atoms with Gasteiger partial charge in [0.2, 0.25) is 0 Å². The molecule has 6 nitrogen and oxygen atoms in total. The first kappa shape index (κ1) is 18.9. The summed E-state index contributed by atoms with van der Waals surface area (Å²) >= 11 is 1.38. The Bertz CT molecular complexity index is 1210. The lowest BCUT2D eigenvalue weighted by Crippen LogP contribution is -2.22. The van der Waals surface area contributed by atoms with E-state index < -0.39 is 0 Å². The van der Waals surface area contributed by atoms with Crippen molar-refractivity contribution in [2.24, 2.45) is 0 Å². The highest BCUT2D eigenvalue weighted by molar-refractivity contribution is 7.22. The van der Waals surface area contributed by atoms with Gasteiger partial charge in [-0.1, -0.05) is 41.7 Å². The number of amides is 1. The zero-order valence-corrected chi connectivity index (χ0v) is 16.6. The number of hydrogen-bond donors (Lipinski definition) is 1. The molecule has 0 aliphatic heterocycles. The summed E-state index contributed by atoms with van der Waals surface area (Å²) in [6.07, 6.45) is 1.57. The minimum Gasteiger partial charge on any atom is -0.494 e. The number of pyridine rings is 1. The van der Waals surface area contributed by atoms with E-state index in [4.69, 9.17) is 4.74 Å². The van der Waals surface area contributed by atoms with Crippen LogP contribution in [-0.4, -0.2) is 22.1 Å². The molecule has 0 saturated heterocycles. The number of carbonyl (C=O) groups excluding carboxylic acids is 1. The van der Waals surface area contributed by atoms with Crippen molar-refractivity contribution >= 4 is 32.6 Å². The molecule has 1 amide bonds.